The number of hydrogen-bond acceptors (Lipinski definition) is 1. The van der Waals surface area contributed by atoms with Gasteiger partial charge in [-0.05, 0) is 116 Å². The molecule has 1 heterocycles. The molecule has 0 atom stereocenters. The lowest BCUT2D eigenvalue weighted by molar-refractivity contribution is 1.18. The first-order valence-electron chi connectivity index (χ1n) is 19.3. The molecule has 0 bridgehead atoms. The van der Waals surface area contributed by atoms with Gasteiger partial charge in [-0.3, -0.25) is 0 Å². The summed E-state index contributed by atoms with van der Waals surface area (Å²) in [6, 6.07) is 79.6. The molecule has 1 aromatic heterocycles. The Morgan fingerprint density at radius 1 is 0.286 bits per heavy atom. The predicted molar refractivity (Wildman–Crippen MR) is 239 cm³/mol. The standard InChI is InChI=1S/C54H36N2/c1-2-18-46(19-3-1)56-53-22-9-8-21-50(53)51-31-30-48(36-54(51)56)55(52-23-11-15-38-13-6-7-20-49(38)52)47-29-28-44-34-43(26-27-45(44)35-47)41-17-10-16-40(33-41)42-25-24-37-12-4-5-14-39(37)32-42/h1-36H. The summed E-state index contributed by atoms with van der Waals surface area (Å²) in [6.07, 6.45) is 0. The van der Waals surface area contributed by atoms with Crippen LogP contribution in [0.2, 0.25) is 0 Å². The van der Waals surface area contributed by atoms with Gasteiger partial charge >= 0.3 is 0 Å². The molecule has 0 N–H and O–H groups in total. The van der Waals surface area contributed by atoms with E-state index in [9.17, 15) is 0 Å². The zero-order valence-electron chi connectivity index (χ0n) is 30.7. The van der Waals surface area contributed by atoms with Crippen LogP contribution in [0.5, 0.6) is 0 Å². The Bertz CT molecular complexity index is 3260. The van der Waals surface area contributed by atoms with Gasteiger partial charge in [0.2, 0.25) is 0 Å². The molecular weight excluding hydrogens is 677 g/mol. The van der Waals surface area contributed by atoms with Crippen molar-refractivity contribution < 1.29 is 0 Å². The summed E-state index contributed by atoms with van der Waals surface area (Å²) in [5, 5.41) is 9.83. The quantitative estimate of drug-likeness (QED) is 0.167. The molecule has 2 nitrogen and oxygen atoms in total. The van der Waals surface area contributed by atoms with Crippen molar-refractivity contribution in [1.29, 1.82) is 0 Å². The van der Waals surface area contributed by atoms with E-state index in [0.717, 1.165) is 22.7 Å². The van der Waals surface area contributed by atoms with Crippen molar-refractivity contribution in [3.05, 3.63) is 218 Å². The minimum Gasteiger partial charge on any atom is -0.310 e. The Balaban J connectivity index is 1.05. The minimum absolute atomic E-state index is 1.11. The summed E-state index contributed by atoms with van der Waals surface area (Å²) < 4.78 is 2.40. The second-order valence-corrected chi connectivity index (χ2v) is 14.6. The summed E-state index contributed by atoms with van der Waals surface area (Å²) in [4.78, 5) is 2.43. The highest BCUT2D eigenvalue weighted by molar-refractivity contribution is 6.11. The van der Waals surface area contributed by atoms with Crippen LogP contribution in [0.25, 0.3) is 82.1 Å². The van der Waals surface area contributed by atoms with Gasteiger partial charge in [0, 0.05) is 33.2 Å². The van der Waals surface area contributed by atoms with Crippen LogP contribution in [0, 0.1) is 0 Å². The average molecular weight is 713 g/mol. The molecule has 0 saturated carbocycles. The molecule has 0 fully saturated rings. The fourth-order valence-corrected chi connectivity index (χ4v) is 8.58. The highest BCUT2D eigenvalue weighted by Crippen LogP contribution is 2.43. The monoisotopic (exact) mass is 712 g/mol. The molecule has 0 aliphatic rings. The molecule has 11 aromatic rings. The number of fused-ring (bicyclic) bond motifs is 6. The maximum Gasteiger partial charge on any atom is 0.0561 e. The molecule has 0 spiro atoms. The Labute approximate surface area is 325 Å². The van der Waals surface area contributed by atoms with Crippen LogP contribution in [0.4, 0.5) is 17.1 Å². The van der Waals surface area contributed by atoms with Crippen molar-refractivity contribution in [2.45, 2.75) is 0 Å². The van der Waals surface area contributed by atoms with Gasteiger partial charge < -0.3 is 9.47 Å². The van der Waals surface area contributed by atoms with E-state index < -0.39 is 0 Å². The van der Waals surface area contributed by atoms with Crippen LogP contribution in [0.3, 0.4) is 0 Å². The summed E-state index contributed by atoms with van der Waals surface area (Å²) >= 11 is 0. The number of benzene rings is 10. The number of nitrogens with zero attached hydrogens (tertiary/aromatic N) is 2. The zero-order chi connectivity index (χ0) is 37.0. The summed E-state index contributed by atoms with van der Waals surface area (Å²) in [6.45, 7) is 0. The summed E-state index contributed by atoms with van der Waals surface area (Å²) in [5.74, 6) is 0. The van der Waals surface area contributed by atoms with E-state index in [1.54, 1.807) is 0 Å². The lowest BCUT2D eigenvalue weighted by atomic mass is 9.96. The van der Waals surface area contributed by atoms with E-state index in [4.69, 9.17) is 0 Å². The van der Waals surface area contributed by atoms with Crippen molar-refractivity contribution >= 4 is 71.2 Å². The normalized spacial score (nSPS) is 11.6. The van der Waals surface area contributed by atoms with Crippen LogP contribution in [0.15, 0.2) is 218 Å². The van der Waals surface area contributed by atoms with E-state index >= 15 is 0 Å². The SMILES string of the molecule is c1ccc(-n2c3ccccc3c3ccc(N(c4ccc5cc(-c6cccc(-c7ccc8ccccc8c7)c6)ccc5c4)c4cccc5ccccc45)cc32)cc1. The largest absolute Gasteiger partial charge is 0.310 e. The van der Waals surface area contributed by atoms with Gasteiger partial charge in [0.05, 0.1) is 16.7 Å². The van der Waals surface area contributed by atoms with Gasteiger partial charge in [-0.2, -0.15) is 0 Å². The highest BCUT2D eigenvalue weighted by Gasteiger charge is 2.19. The van der Waals surface area contributed by atoms with Crippen LogP contribution in [-0.4, -0.2) is 4.57 Å². The van der Waals surface area contributed by atoms with E-state index in [1.165, 1.54) is 76.4 Å². The fourth-order valence-electron chi connectivity index (χ4n) is 8.58. The third kappa shape index (κ3) is 5.42. The van der Waals surface area contributed by atoms with Crippen molar-refractivity contribution in [1.82, 2.24) is 4.57 Å². The van der Waals surface area contributed by atoms with Gasteiger partial charge in [-0.25, -0.2) is 0 Å². The smallest absolute Gasteiger partial charge is 0.0561 e. The van der Waals surface area contributed by atoms with Crippen molar-refractivity contribution in [2.75, 3.05) is 4.90 Å². The fraction of sp³-hybridized carbons (Fsp3) is 0. The van der Waals surface area contributed by atoms with E-state index in [1.807, 2.05) is 0 Å². The van der Waals surface area contributed by atoms with E-state index in [2.05, 4.69) is 228 Å². The first-order valence-corrected chi connectivity index (χ1v) is 19.3. The lowest BCUT2D eigenvalue weighted by Crippen LogP contribution is -2.10. The number of para-hydroxylation sites is 2. The van der Waals surface area contributed by atoms with E-state index in [0.29, 0.717) is 0 Å². The molecule has 11 rings (SSSR count). The van der Waals surface area contributed by atoms with Crippen LogP contribution < -0.4 is 4.90 Å². The molecule has 0 aliphatic heterocycles. The van der Waals surface area contributed by atoms with Crippen LogP contribution in [-0.2, 0) is 0 Å². The molecular formula is C54H36N2. The third-order valence-electron chi connectivity index (χ3n) is 11.3. The van der Waals surface area contributed by atoms with Crippen LogP contribution >= 0.6 is 0 Å². The molecule has 10 aromatic carbocycles. The topological polar surface area (TPSA) is 8.17 Å². The molecule has 262 valence electrons. The number of hydrogen-bond donors (Lipinski definition) is 0. The number of aromatic nitrogens is 1. The lowest BCUT2D eigenvalue weighted by Gasteiger charge is -2.27. The second-order valence-electron chi connectivity index (χ2n) is 14.6. The molecule has 0 amide bonds. The van der Waals surface area contributed by atoms with Crippen LogP contribution in [0.1, 0.15) is 0 Å². The van der Waals surface area contributed by atoms with Crippen molar-refractivity contribution in [2.24, 2.45) is 0 Å². The predicted octanol–water partition coefficient (Wildman–Crippen LogP) is 15.0. The summed E-state index contributed by atoms with van der Waals surface area (Å²) in [7, 11) is 0. The van der Waals surface area contributed by atoms with Crippen molar-refractivity contribution in [3.63, 3.8) is 0 Å². The molecule has 2 heteroatoms. The number of anilines is 3. The first kappa shape index (κ1) is 32.0. The molecule has 56 heavy (non-hydrogen) atoms. The first-order chi connectivity index (χ1) is 27.7. The highest BCUT2D eigenvalue weighted by atomic mass is 15.1. The zero-order valence-corrected chi connectivity index (χ0v) is 30.7. The summed E-state index contributed by atoms with van der Waals surface area (Å²) in [5.41, 5.74) is 11.8. The minimum atomic E-state index is 1.11. The number of rotatable bonds is 6. The van der Waals surface area contributed by atoms with Gasteiger partial charge in [0.1, 0.15) is 0 Å². The van der Waals surface area contributed by atoms with Gasteiger partial charge in [0.15, 0.2) is 0 Å². The van der Waals surface area contributed by atoms with E-state index in [-0.39, 0.29) is 0 Å². The Morgan fingerprint density at radius 2 is 0.821 bits per heavy atom. The Morgan fingerprint density at radius 3 is 1.64 bits per heavy atom. The van der Waals surface area contributed by atoms with Gasteiger partial charge in [-0.1, -0.05) is 152 Å². The van der Waals surface area contributed by atoms with Gasteiger partial charge in [0.25, 0.3) is 0 Å². The average Bonchev–Trinajstić information content (AvgIpc) is 3.60. The van der Waals surface area contributed by atoms with Gasteiger partial charge in [-0.15, -0.1) is 0 Å². The maximum atomic E-state index is 2.43. The van der Waals surface area contributed by atoms with Crippen molar-refractivity contribution in [3.8, 4) is 27.9 Å². The Kier molecular flexibility index (Phi) is 7.53. The maximum absolute atomic E-state index is 2.43. The third-order valence-corrected chi connectivity index (χ3v) is 11.3. The molecule has 0 aliphatic carbocycles. The molecule has 0 unspecified atom stereocenters. The molecule has 0 saturated heterocycles. The Hall–Kier alpha value is -7.42. The molecule has 0 radical (unpaired) electrons. The second kappa shape index (κ2) is 13.2.